The Morgan fingerprint density at radius 3 is 2.33 bits per heavy atom. The zero-order valence-corrected chi connectivity index (χ0v) is 22.2. The number of benzene rings is 2. The van der Waals surface area contributed by atoms with Gasteiger partial charge in [0.15, 0.2) is 0 Å². The number of rotatable bonds is 9. The molecule has 0 spiro atoms. The summed E-state index contributed by atoms with van der Waals surface area (Å²) >= 11 is 6.08. The fraction of sp³-hybridized carbons (Fsp3) is 0.480. The lowest BCUT2D eigenvalue weighted by atomic mass is 9.92. The Kier molecular flexibility index (Phi) is 8.96. The van der Waals surface area contributed by atoms with E-state index in [1.807, 2.05) is 71.8 Å². The first kappa shape index (κ1) is 27.2. The molecule has 0 aliphatic heterocycles. The minimum absolute atomic E-state index is 0.0728. The van der Waals surface area contributed by atoms with Crippen molar-refractivity contribution in [3.63, 3.8) is 0 Å². The smallest absolute Gasteiger partial charge is 0.243 e. The predicted octanol–water partition coefficient (Wildman–Crippen LogP) is 5.77. The van der Waals surface area contributed by atoms with Crippen molar-refractivity contribution in [1.29, 1.82) is 0 Å². The number of sulfonamides is 1. The van der Waals surface area contributed by atoms with Crippen molar-refractivity contribution >= 4 is 38.9 Å². The van der Waals surface area contributed by atoms with Gasteiger partial charge in [0.2, 0.25) is 15.9 Å². The summed E-state index contributed by atoms with van der Waals surface area (Å²) < 4.78 is 28.6. The highest BCUT2D eigenvalue weighted by atomic mass is 35.5. The van der Waals surface area contributed by atoms with Gasteiger partial charge in [0.05, 0.1) is 4.90 Å². The van der Waals surface area contributed by atoms with Crippen LogP contribution in [0.4, 0.5) is 11.4 Å². The van der Waals surface area contributed by atoms with E-state index in [-0.39, 0.29) is 28.8 Å². The van der Waals surface area contributed by atoms with Gasteiger partial charge in [-0.1, -0.05) is 45.4 Å². The first-order valence-electron chi connectivity index (χ1n) is 11.1. The van der Waals surface area contributed by atoms with Gasteiger partial charge in [-0.05, 0) is 60.7 Å². The number of carbonyl (C=O) groups is 1. The van der Waals surface area contributed by atoms with E-state index >= 15 is 0 Å². The lowest BCUT2D eigenvalue weighted by molar-refractivity contribution is -0.117. The molecule has 0 aliphatic rings. The van der Waals surface area contributed by atoms with Crippen molar-refractivity contribution in [2.45, 2.75) is 64.9 Å². The van der Waals surface area contributed by atoms with E-state index in [1.165, 1.54) is 10.4 Å². The Labute approximate surface area is 204 Å². The van der Waals surface area contributed by atoms with Gasteiger partial charge >= 0.3 is 0 Å². The molecule has 0 saturated carbocycles. The maximum absolute atomic E-state index is 13.6. The summed E-state index contributed by atoms with van der Waals surface area (Å²) in [4.78, 5) is 14.6. The molecule has 2 aromatic carbocycles. The van der Waals surface area contributed by atoms with Gasteiger partial charge in [-0.3, -0.25) is 4.79 Å². The number of nitrogens with zero attached hydrogens (tertiary/aromatic N) is 2. The molecule has 2 aromatic rings. The molecule has 0 radical (unpaired) electrons. The minimum atomic E-state index is -3.79. The molecule has 0 fully saturated rings. The molecule has 0 bridgehead atoms. The summed E-state index contributed by atoms with van der Waals surface area (Å²) in [6, 6.07) is 11.7. The van der Waals surface area contributed by atoms with Gasteiger partial charge in [-0.2, -0.15) is 4.31 Å². The molecule has 1 amide bonds. The molecule has 0 aliphatic carbocycles. The highest BCUT2D eigenvalue weighted by Crippen LogP contribution is 2.30. The van der Waals surface area contributed by atoms with Crippen LogP contribution in [0.15, 0.2) is 47.4 Å². The van der Waals surface area contributed by atoms with Crippen molar-refractivity contribution in [2.75, 3.05) is 24.3 Å². The molecular weight excluding hydrogens is 458 g/mol. The second-order valence-electron chi connectivity index (χ2n) is 9.79. The average molecular weight is 494 g/mol. The van der Waals surface area contributed by atoms with Gasteiger partial charge in [-0.25, -0.2) is 8.42 Å². The Bertz CT molecular complexity index is 1080. The molecule has 1 N–H and O–H groups in total. The number of carbonyl (C=O) groups excluding carboxylic acids is 1. The molecule has 1 atom stereocenters. The molecule has 2 rings (SSSR count). The third-order valence-electron chi connectivity index (χ3n) is 5.35. The van der Waals surface area contributed by atoms with E-state index in [4.69, 9.17) is 11.6 Å². The monoisotopic (exact) mass is 493 g/mol. The molecule has 0 aromatic heterocycles. The maximum Gasteiger partial charge on any atom is 0.243 e. The molecule has 0 heterocycles. The summed E-state index contributed by atoms with van der Waals surface area (Å²) in [7, 11) is 0.0324. The quantitative estimate of drug-likeness (QED) is 0.481. The predicted molar refractivity (Wildman–Crippen MR) is 137 cm³/mol. The number of amides is 1. The summed E-state index contributed by atoms with van der Waals surface area (Å²) in [5, 5.41) is 3.33. The fourth-order valence-electron chi connectivity index (χ4n) is 3.53. The first-order valence-corrected chi connectivity index (χ1v) is 12.9. The van der Waals surface area contributed by atoms with E-state index in [1.54, 1.807) is 18.2 Å². The van der Waals surface area contributed by atoms with Crippen LogP contribution < -0.4 is 10.2 Å². The van der Waals surface area contributed by atoms with Crippen LogP contribution in [0.5, 0.6) is 0 Å². The molecule has 182 valence electrons. The Balaban J connectivity index is 2.47. The third-order valence-corrected chi connectivity index (χ3v) is 7.54. The number of hydrogen-bond acceptors (Lipinski definition) is 4. The molecule has 0 unspecified atom stereocenters. The van der Waals surface area contributed by atoms with Crippen LogP contribution in [0.1, 0.15) is 53.0 Å². The minimum Gasteiger partial charge on any atom is -0.377 e. The van der Waals surface area contributed by atoms with E-state index in [2.05, 4.69) is 5.32 Å². The van der Waals surface area contributed by atoms with E-state index in [0.717, 1.165) is 11.3 Å². The number of anilines is 2. The molecular formula is C25H36ClN3O3S. The van der Waals surface area contributed by atoms with Crippen molar-refractivity contribution in [3.8, 4) is 0 Å². The Morgan fingerprint density at radius 2 is 1.79 bits per heavy atom. The topological polar surface area (TPSA) is 69.7 Å². The van der Waals surface area contributed by atoms with Crippen LogP contribution in [0.3, 0.4) is 0 Å². The summed E-state index contributed by atoms with van der Waals surface area (Å²) in [6.07, 6.45) is 1.04. The SMILES string of the molecule is CC[C@@H](C)N(Cc1cc(NC(=O)CC(C)(C)C)ccc1N(C)C)S(=O)(=O)c1cccc(Cl)c1. The lowest BCUT2D eigenvalue weighted by Crippen LogP contribution is -2.38. The molecule has 8 heteroatoms. The highest BCUT2D eigenvalue weighted by molar-refractivity contribution is 7.89. The fourth-order valence-corrected chi connectivity index (χ4v) is 5.51. The molecule has 0 saturated heterocycles. The van der Waals surface area contributed by atoms with Crippen molar-refractivity contribution < 1.29 is 13.2 Å². The Morgan fingerprint density at radius 1 is 1.12 bits per heavy atom. The molecule has 6 nitrogen and oxygen atoms in total. The second-order valence-corrected chi connectivity index (χ2v) is 12.1. The van der Waals surface area contributed by atoms with Gasteiger partial charge in [-0.15, -0.1) is 0 Å². The van der Waals surface area contributed by atoms with Crippen molar-refractivity contribution in [3.05, 3.63) is 53.1 Å². The lowest BCUT2D eigenvalue weighted by Gasteiger charge is -2.30. The normalized spacial score (nSPS) is 13.1. The number of halogens is 1. The van der Waals surface area contributed by atoms with Crippen LogP contribution in [-0.2, 0) is 21.4 Å². The summed E-state index contributed by atoms with van der Waals surface area (Å²) in [5.41, 5.74) is 2.21. The standard InChI is InChI=1S/C25H36ClN3O3S/c1-8-18(2)29(33(31,32)22-11-9-10-20(26)15-22)17-19-14-21(12-13-23(19)28(6)7)27-24(30)16-25(3,4)5/h9-15,18H,8,16-17H2,1-7H3,(H,27,30)/t18-/m1/s1. The average Bonchev–Trinajstić information content (AvgIpc) is 2.69. The number of hydrogen-bond donors (Lipinski definition) is 1. The van der Waals surface area contributed by atoms with E-state index in [0.29, 0.717) is 23.6 Å². The van der Waals surface area contributed by atoms with Crippen LogP contribution >= 0.6 is 11.6 Å². The first-order chi connectivity index (χ1) is 15.2. The zero-order chi connectivity index (χ0) is 25.0. The van der Waals surface area contributed by atoms with Gasteiger partial charge < -0.3 is 10.2 Å². The van der Waals surface area contributed by atoms with Gasteiger partial charge in [0.25, 0.3) is 0 Å². The Hall–Kier alpha value is -2.09. The van der Waals surface area contributed by atoms with Crippen molar-refractivity contribution in [1.82, 2.24) is 4.31 Å². The summed E-state index contributed by atoms with van der Waals surface area (Å²) in [6.45, 7) is 10.1. The second kappa shape index (κ2) is 10.9. The van der Waals surface area contributed by atoms with Gasteiger partial charge in [0, 0.05) is 49.5 Å². The highest BCUT2D eigenvalue weighted by Gasteiger charge is 2.30. The van der Waals surface area contributed by atoms with Crippen LogP contribution in [0.2, 0.25) is 5.02 Å². The van der Waals surface area contributed by atoms with Crippen molar-refractivity contribution in [2.24, 2.45) is 5.41 Å². The van der Waals surface area contributed by atoms with Crippen LogP contribution in [0.25, 0.3) is 0 Å². The van der Waals surface area contributed by atoms with Crippen LogP contribution in [0, 0.1) is 5.41 Å². The van der Waals surface area contributed by atoms with E-state index < -0.39 is 10.0 Å². The van der Waals surface area contributed by atoms with Crippen LogP contribution in [-0.4, -0.2) is 38.8 Å². The largest absolute Gasteiger partial charge is 0.377 e. The zero-order valence-electron chi connectivity index (χ0n) is 20.6. The summed E-state index contributed by atoms with van der Waals surface area (Å²) in [5.74, 6) is -0.0728. The maximum atomic E-state index is 13.6. The third kappa shape index (κ3) is 7.45. The molecule has 33 heavy (non-hydrogen) atoms. The number of nitrogens with one attached hydrogen (secondary N) is 1. The van der Waals surface area contributed by atoms with E-state index in [9.17, 15) is 13.2 Å². The van der Waals surface area contributed by atoms with Gasteiger partial charge in [0.1, 0.15) is 0 Å².